The molecule has 14 aromatic rings. The van der Waals surface area contributed by atoms with Crippen molar-refractivity contribution in [3.8, 4) is 74.3 Å². The lowest BCUT2D eigenvalue weighted by atomic mass is 10.1. The summed E-state index contributed by atoms with van der Waals surface area (Å²) in [7, 11) is 0. The molecule has 0 aliphatic rings. The highest BCUT2D eigenvalue weighted by Gasteiger charge is 2.28. The van der Waals surface area contributed by atoms with Gasteiger partial charge in [-0.1, -0.05) is 115 Å². The number of fused-ring (bicyclic) bond motifs is 12. The van der Waals surface area contributed by atoms with Gasteiger partial charge < -0.3 is 34.7 Å². The molecule has 5 aromatic heterocycles. The predicted molar refractivity (Wildman–Crippen MR) is 279 cm³/mol. The number of para-hydroxylation sites is 3. The van der Waals surface area contributed by atoms with Crippen molar-refractivity contribution in [1.29, 1.82) is 0 Å². The summed E-state index contributed by atoms with van der Waals surface area (Å²) in [6.45, 7) is 0. The monoisotopic (exact) mass is 931 g/mol. The van der Waals surface area contributed by atoms with Gasteiger partial charge in [-0.05, 0) is 54.6 Å². The van der Waals surface area contributed by atoms with E-state index in [9.17, 15) is 25.5 Å². The highest BCUT2D eigenvalue weighted by atomic mass is 32.1. The largest absolute Gasteiger partial charge is 0.504 e. The number of phenolic OH excluding ortho intramolecular Hbond substituents is 5. The van der Waals surface area contributed by atoms with Crippen LogP contribution in [0.2, 0.25) is 0 Å². The minimum atomic E-state index is -1.07. The van der Waals surface area contributed by atoms with Crippen LogP contribution in [0.15, 0.2) is 170 Å². The predicted octanol–water partition coefficient (Wildman–Crippen LogP) is 14.3. The van der Waals surface area contributed by atoms with Gasteiger partial charge in [0.1, 0.15) is 5.56 Å². The van der Waals surface area contributed by atoms with Crippen LogP contribution in [0.3, 0.4) is 0 Å². The van der Waals surface area contributed by atoms with E-state index in [0.717, 1.165) is 84.6 Å². The Labute approximate surface area is 398 Å². The van der Waals surface area contributed by atoms with Crippen molar-refractivity contribution in [2.24, 2.45) is 0 Å². The van der Waals surface area contributed by atoms with Gasteiger partial charge in [0.25, 0.3) is 0 Å². The van der Waals surface area contributed by atoms with Crippen molar-refractivity contribution in [3.05, 3.63) is 170 Å². The van der Waals surface area contributed by atoms with Crippen LogP contribution in [0.5, 0.6) is 28.7 Å². The van der Waals surface area contributed by atoms with Gasteiger partial charge >= 0.3 is 0 Å². The highest BCUT2D eigenvalue weighted by molar-refractivity contribution is 7.26. The van der Waals surface area contributed by atoms with E-state index in [2.05, 4.69) is 137 Å². The number of hydrogen-bond donors (Lipinski definition) is 5. The maximum Gasteiger partial charge on any atom is 0.208 e. The molecule has 0 radical (unpaired) electrons. The van der Waals surface area contributed by atoms with Gasteiger partial charge in [-0.25, -0.2) is 15.0 Å². The molecule has 5 N–H and O–H groups in total. The van der Waals surface area contributed by atoms with E-state index >= 15 is 0 Å². The van der Waals surface area contributed by atoms with Crippen LogP contribution in [0.4, 0.5) is 0 Å². The topological polar surface area (TPSA) is 150 Å². The molecule has 0 bridgehead atoms. The zero-order valence-corrected chi connectivity index (χ0v) is 37.6. The average molecular weight is 932 g/mol. The minimum absolute atomic E-state index is 0.221. The third kappa shape index (κ3) is 5.55. The maximum absolute atomic E-state index is 11.2. The number of aromatic hydroxyl groups is 5. The molecule has 0 saturated carbocycles. The molecule has 5 heterocycles. The molecule has 0 unspecified atom stereocenters. The summed E-state index contributed by atoms with van der Waals surface area (Å²) in [6, 6.07) is 58.8. The highest BCUT2D eigenvalue weighted by Crippen LogP contribution is 2.54. The van der Waals surface area contributed by atoms with Crippen LogP contribution < -0.4 is 0 Å². The zero-order valence-electron chi connectivity index (χ0n) is 36.0. The van der Waals surface area contributed by atoms with Crippen LogP contribution >= 0.6 is 22.7 Å². The summed E-state index contributed by atoms with van der Waals surface area (Å²) < 4.78 is 8.84. The summed E-state index contributed by atoms with van der Waals surface area (Å²) in [4.78, 5) is 14.6. The number of benzene rings is 9. The summed E-state index contributed by atoms with van der Waals surface area (Å²) in [5.41, 5.74) is 7.46. The van der Waals surface area contributed by atoms with Crippen LogP contribution in [-0.4, -0.2) is 49.6 Å². The lowest BCUT2D eigenvalue weighted by Gasteiger charge is -2.13. The molecule has 0 amide bonds. The molecular formula is C57H33N5O5S2. The molecule has 0 spiro atoms. The normalized spacial score (nSPS) is 12.1. The molecule has 0 saturated heterocycles. The lowest BCUT2D eigenvalue weighted by molar-refractivity contribution is 0.329. The molecule has 69 heavy (non-hydrogen) atoms. The lowest BCUT2D eigenvalue weighted by Crippen LogP contribution is -2.01. The summed E-state index contributed by atoms with van der Waals surface area (Å²) in [6.07, 6.45) is 0. The number of hydrogen-bond acceptors (Lipinski definition) is 10. The molecule has 0 aliphatic carbocycles. The third-order valence-electron chi connectivity index (χ3n) is 13.3. The van der Waals surface area contributed by atoms with Gasteiger partial charge in [-0.2, -0.15) is 0 Å². The molecule has 12 heteroatoms. The smallest absolute Gasteiger partial charge is 0.208 e. The minimum Gasteiger partial charge on any atom is -0.504 e. The first-order valence-corrected chi connectivity index (χ1v) is 23.8. The Bertz CT molecular complexity index is 4450. The maximum atomic E-state index is 11.2. The number of nitrogens with zero attached hydrogens (tertiary/aromatic N) is 5. The van der Waals surface area contributed by atoms with Gasteiger partial charge in [0.05, 0.1) is 38.1 Å². The Balaban J connectivity index is 0.979. The standard InChI is InChI=1S/C57H33N5O5S2/c63-48-47(49(64)51(66)52(67)50(48)65)57-59-55(58-56(60-57)37-18-9-16-34-32-14-4-8-25-44(32)68-53(34)37)29-26-27-33-35-17-10-24-43(54(35)69-45(33)28-29)62-40-21-7-3-15-36(40)46-41(22-11-23-42(46)62)61-38-19-5-1-12-30(38)31-13-2-6-20-39(31)61/h1-28,63-67H. The van der Waals surface area contributed by atoms with Gasteiger partial charge in [-0.15, -0.1) is 22.7 Å². The zero-order chi connectivity index (χ0) is 46.2. The Kier molecular flexibility index (Phi) is 8.25. The van der Waals surface area contributed by atoms with Crippen molar-refractivity contribution in [3.63, 3.8) is 0 Å². The summed E-state index contributed by atoms with van der Waals surface area (Å²) in [5, 5.41) is 62.8. The van der Waals surface area contributed by atoms with E-state index in [-0.39, 0.29) is 17.5 Å². The number of thiophene rings is 2. The van der Waals surface area contributed by atoms with Crippen LogP contribution in [0.1, 0.15) is 0 Å². The first-order chi connectivity index (χ1) is 33.8. The van der Waals surface area contributed by atoms with Crippen molar-refractivity contribution in [1.82, 2.24) is 24.1 Å². The van der Waals surface area contributed by atoms with E-state index in [1.54, 1.807) is 22.7 Å². The van der Waals surface area contributed by atoms with E-state index in [1.165, 1.54) is 10.8 Å². The van der Waals surface area contributed by atoms with Crippen molar-refractivity contribution < 1.29 is 25.5 Å². The Morgan fingerprint density at radius 3 is 1.58 bits per heavy atom. The van der Waals surface area contributed by atoms with Crippen molar-refractivity contribution in [2.75, 3.05) is 0 Å². The van der Waals surface area contributed by atoms with Crippen molar-refractivity contribution in [2.45, 2.75) is 0 Å². The third-order valence-corrected chi connectivity index (χ3v) is 15.8. The van der Waals surface area contributed by atoms with Crippen LogP contribution in [0, 0.1) is 0 Å². The Morgan fingerprint density at radius 1 is 0.348 bits per heavy atom. The van der Waals surface area contributed by atoms with Crippen LogP contribution in [0.25, 0.3) is 129 Å². The van der Waals surface area contributed by atoms with Gasteiger partial charge in [0.2, 0.25) is 17.2 Å². The second-order valence-corrected chi connectivity index (χ2v) is 19.2. The molecule has 0 aliphatic heterocycles. The molecule has 9 aromatic carbocycles. The van der Waals surface area contributed by atoms with Crippen molar-refractivity contribution >= 4 is 107 Å². The molecular weight excluding hydrogens is 899 g/mol. The summed E-state index contributed by atoms with van der Waals surface area (Å²) in [5.74, 6) is -4.68. The fourth-order valence-corrected chi connectivity index (χ4v) is 12.7. The second-order valence-electron chi connectivity index (χ2n) is 17.1. The van der Waals surface area contributed by atoms with Gasteiger partial charge in [0, 0.05) is 68.3 Å². The molecule has 328 valence electrons. The van der Waals surface area contributed by atoms with E-state index in [4.69, 9.17) is 15.0 Å². The first kappa shape index (κ1) is 39.2. The van der Waals surface area contributed by atoms with E-state index < -0.39 is 34.3 Å². The second kappa shape index (κ2) is 14.5. The number of rotatable bonds is 5. The molecule has 0 fully saturated rings. The van der Waals surface area contributed by atoms with E-state index in [1.807, 2.05) is 42.5 Å². The Hall–Kier alpha value is -8.97. The van der Waals surface area contributed by atoms with E-state index in [0.29, 0.717) is 11.1 Å². The van der Waals surface area contributed by atoms with Gasteiger partial charge in [0.15, 0.2) is 29.0 Å². The fraction of sp³-hybridized carbons (Fsp3) is 0. The Morgan fingerprint density at radius 2 is 0.841 bits per heavy atom. The van der Waals surface area contributed by atoms with Crippen LogP contribution in [-0.2, 0) is 0 Å². The number of phenols is 5. The number of aromatic nitrogens is 5. The quantitative estimate of drug-likeness (QED) is 0.0846. The SMILES string of the molecule is Oc1c(O)c(O)c(-c2nc(-c3ccc4c(c3)sc3c(-n5c6ccccc6c6c(-n7c8ccccc8c8ccccc87)cccc65)cccc34)nc(-c3cccc4c3sc3ccccc34)n2)c(O)c1O. The average Bonchev–Trinajstić information content (AvgIpc) is 4.15. The molecule has 14 rings (SSSR count). The first-order valence-electron chi connectivity index (χ1n) is 22.1. The molecule has 0 atom stereocenters. The molecule has 10 nitrogen and oxygen atoms in total. The summed E-state index contributed by atoms with van der Waals surface area (Å²) >= 11 is 3.26. The fourth-order valence-electron chi connectivity index (χ4n) is 10.3. The van der Waals surface area contributed by atoms with Gasteiger partial charge in [-0.3, -0.25) is 0 Å².